The van der Waals surface area contributed by atoms with Crippen molar-refractivity contribution in [2.45, 2.75) is 31.1 Å². The zero-order valence-corrected chi connectivity index (χ0v) is 19.9. The summed E-state index contributed by atoms with van der Waals surface area (Å²) in [6.45, 7) is 0. The van der Waals surface area contributed by atoms with Crippen molar-refractivity contribution in [3.63, 3.8) is 0 Å². The molecule has 1 fully saturated rings. The van der Waals surface area contributed by atoms with Crippen LogP contribution in [0.5, 0.6) is 11.5 Å². The molecular weight excluding hydrogens is 452 g/mol. The molecule has 3 aromatic rings. The zero-order valence-electron chi connectivity index (χ0n) is 19.2. The van der Waals surface area contributed by atoms with E-state index in [1.165, 1.54) is 14.2 Å². The maximum atomic E-state index is 13.6. The number of nitrogens with one attached hydrogen (secondary N) is 2. The molecule has 6 nitrogen and oxygen atoms in total. The van der Waals surface area contributed by atoms with Crippen molar-refractivity contribution in [1.82, 2.24) is 0 Å². The van der Waals surface area contributed by atoms with Gasteiger partial charge in [0.1, 0.15) is 11.5 Å². The van der Waals surface area contributed by atoms with E-state index < -0.39 is 5.41 Å². The zero-order chi connectivity index (χ0) is 24.1. The fraction of sp³-hybridized carbons (Fsp3) is 0.259. The third-order valence-corrected chi connectivity index (χ3v) is 6.56. The smallest absolute Gasteiger partial charge is 0.255 e. The highest BCUT2D eigenvalue weighted by molar-refractivity contribution is 6.30. The van der Waals surface area contributed by atoms with Gasteiger partial charge in [-0.2, -0.15) is 0 Å². The van der Waals surface area contributed by atoms with Crippen LogP contribution in [0.1, 0.15) is 41.6 Å². The Kier molecular flexibility index (Phi) is 7.08. The van der Waals surface area contributed by atoms with Crippen molar-refractivity contribution in [3.8, 4) is 11.5 Å². The van der Waals surface area contributed by atoms with Gasteiger partial charge in [-0.1, -0.05) is 54.8 Å². The summed E-state index contributed by atoms with van der Waals surface area (Å²) in [5.41, 5.74) is 1.67. The standard InChI is InChI=1S/C27H27ClN2O4/c1-33-23-17-22(24(34-2)16-21(23)29-25(31)18-9-4-3-5-10-18)30-26(32)27(13-6-7-14-27)19-11-8-12-20(28)15-19/h3-5,8-12,15-17H,6-7,13-14H2,1-2H3,(H,29,31)(H,30,32). The number of carbonyl (C=O) groups is 2. The number of anilines is 2. The molecule has 34 heavy (non-hydrogen) atoms. The summed E-state index contributed by atoms with van der Waals surface area (Å²) in [6.07, 6.45) is 3.41. The molecule has 0 atom stereocenters. The van der Waals surface area contributed by atoms with E-state index in [1.54, 1.807) is 36.4 Å². The summed E-state index contributed by atoms with van der Waals surface area (Å²) in [6, 6.07) is 19.7. The van der Waals surface area contributed by atoms with Gasteiger partial charge in [0.2, 0.25) is 5.91 Å². The summed E-state index contributed by atoms with van der Waals surface area (Å²) >= 11 is 6.24. The molecule has 1 aliphatic carbocycles. The molecule has 0 heterocycles. The molecular formula is C27H27ClN2O4. The molecule has 0 bridgehead atoms. The third-order valence-electron chi connectivity index (χ3n) is 6.32. The minimum Gasteiger partial charge on any atom is -0.494 e. The van der Waals surface area contributed by atoms with E-state index >= 15 is 0 Å². The number of halogens is 1. The number of ether oxygens (including phenoxy) is 2. The van der Waals surface area contributed by atoms with Crippen LogP contribution in [0.3, 0.4) is 0 Å². The molecule has 2 N–H and O–H groups in total. The highest BCUT2D eigenvalue weighted by atomic mass is 35.5. The molecule has 2 amide bonds. The monoisotopic (exact) mass is 478 g/mol. The van der Waals surface area contributed by atoms with E-state index in [2.05, 4.69) is 10.6 Å². The fourth-order valence-corrected chi connectivity index (χ4v) is 4.72. The van der Waals surface area contributed by atoms with Crippen LogP contribution in [-0.2, 0) is 10.2 Å². The SMILES string of the molecule is COc1cc(NC(=O)C2(c3cccc(Cl)c3)CCCC2)c(OC)cc1NC(=O)c1ccccc1. The van der Waals surface area contributed by atoms with Crippen molar-refractivity contribution in [1.29, 1.82) is 0 Å². The molecule has 0 aliphatic heterocycles. The molecule has 0 unspecified atom stereocenters. The van der Waals surface area contributed by atoms with Crippen LogP contribution >= 0.6 is 11.6 Å². The summed E-state index contributed by atoms with van der Waals surface area (Å²) in [5.74, 6) is 0.428. The molecule has 0 spiro atoms. The molecule has 0 aromatic heterocycles. The van der Waals surface area contributed by atoms with Gasteiger partial charge in [-0.05, 0) is 42.7 Å². The second kappa shape index (κ2) is 10.2. The Morgan fingerprint density at radius 3 is 2.03 bits per heavy atom. The Morgan fingerprint density at radius 2 is 1.44 bits per heavy atom. The highest BCUT2D eigenvalue weighted by Crippen LogP contribution is 2.44. The van der Waals surface area contributed by atoms with E-state index in [1.807, 2.05) is 30.3 Å². The number of benzene rings is 3. The van der Waals surface area contributed by atoms with Crippen LogP contribution in [0.4, 0.5) is 11.4 Å². The molecule has 0 saturated heterocycles. The second-order valence-electron chi connectivity index (χ2n) is 8.33. The van der Waals surface area contributed by atoms with Gasteiger partial charge in [-0.3, -0.25) is 9.59 Å². The van der Waals surface area contributed by atoms with Gasteiger partial charge in [0.25, 0.3) is 5.91 Å². The van der Waals surface area contributed by atoms with E-state index in [9.17, 15) is 9.59 Å². The molecule has 7 heteroatoms. The number of hydrogen-bond acceptors (Lipinski definition) is 4. The van der Waals surface area contributed by atoms with Gasteiger partial charge in [0.15, 0.2) is 0 Å². The lowest BCUT2D eigenvalue weighted by Crippen LogP contribution is -2.38. The van der Waals surface area contributed by atoms with Crippen LogP contribution in [0.2, 0.25) is 5.02 Å². The highest BCUT2D eigenvalue weighted by Gasteiger charge is 2.43. The molecule has 176 valence electrons. The predicted octanol–water partition coefficient (Wildman–Crippen LogP) is 6.06. The van der Waals surface area contributed by atoms with Gasteiger partial charge in [0.05, 0.1) is 31.0 Å². The Balaban J connectivity index is 1.64. The molecule has 0 radical (unpaired) electrons. The minimum atomic E-state index is -0.663. The first kappa shape index (κ1) is 23.6. The van der Waals surface area contributed by atoms with Crippen LogP contribution in [0, 0.1) is 0 Å². The summed E-state index contributed by atoms with van der Waals surface area (Å²) in [4.78, 5) is 26.3. The number of rotatable bonds is 7. The largest absolute Gasteiger partial charge is 0.494 e. The van der Waals surface area contributed by atoms with Gasteiger partial charge < -0.3 is 20.1 Å². The average molecular weight is 479 g/mol. The average Bonchev–Trinajstić information content (AvgIpc) is 3.36. The number of hydrogen-bond donors (Lipinski definition) is 2. The third kappa shape index (κ3) is 4.73. The fourth-order valence-electron chi connectivity index (χ4n) is 4.53. The number of methoxy groups -OCH3 is 2. The topological polar surface area (TPSA) is 76.7 Å². The number of carbonyl (C=O) groups excluding carboxylic acids is 2. The summed E-state index contributed by atoms with van der Waals surface area (Å²) < 4.78 is 11.1. The van der Waals surface area contributed by atoms with Crippen molar-refractivity contribution in [2.24, 2.45) is 0 Å². The maximum Gasteiger partial charge on any atom is 0.255 e. The Hall–Kier alpha value is -3.51. The normalized spacial score (nSPS) is 14.3. The van der Waals surface area contributed by atoms with E-state index in [0.717, 1.165) is 31.2 Å². The number of amides is 2. The first-order valence-corrected chi connectivity index (χ1v) is 11.5. The van der Waals surface area contributed by atoms with Gasteiger partial charge in [0, 0.05) is 22.7 Å². The quantitative estimate of drug-likeness (QED) is 0.432. The van der Waals surface area contributed by atoms with Gasteiger partial charge in [-0.15, -0.1) is 0 Å². The minimum absolute atomic E-state index is 0.117. The lowest BCUT2D eigenvalue weighted by atomic mass is 9.78. The lowest BCUT2D eigenvalue weighted by molar-refractivity contribution is -0.121. The summed E-state index contributed by atoms with van der Waals surface area (Å²) in [7, 11) is 3.03. The Morgan fingerprint density at radius 1 is 0.824 bits per heavy atom. The molecule has 4 rings (SSSR count). The van der Waals surface area contributed by atoms with Crippen LogP contribution in [0.15, 0.2) is 66.7 Å². The van der Waals surface area contributed by atoms with Gasteiger partial charge in [-0.25, -0.2) is 0 Å². The molecule has 1 saturated carbocycles. The van der Waals surface area contributed by atoms with Crippen molar-refractivity contribution in [3.05, 3.63) is 82.9 Å². The van der Waals surface area contributed by atoms with Gasteiger partial charge >= 0.3 is 0 Å². The lowest BCUT2D eigenvalue weighted by Gasteiger charge is -2.29. The molecule has 1 aliphatic rings. The van der Waals surface area contributed by atoms with Crippen molar-refractivity contribution < 1.29 is 19.1 Å². The first-order valence-electron chi connectivity index (χ1n) is 11.2. The maximum absolute atomic E-state index is 13.6. The predicted molar refractivity (Wildman–Crippen MR) is 134 cm³/mol. The van der Waals surface area contributed by atoms with Crippen molar-refractivity contribution in [2.75, 3.05) is 24.9 Å². The van der Waals surface area contributed by atoms with Crippen LogP contribution in [-0.4, -0.2) is 26.0 Å². The summed E-state index contributed by atoms with van der Waals surface area (Å²) in [5, 5.41) is 6.51. The second-order valence-corrected chi connectivity index (χ2v) is 8.76. The molecule has 3 aromatic carbocycles. The van der Waals surface area contributed by atoms with Crippen molar-refractivity contribution >= 4 is 34.8 Å². The van der Waals surface area contributed by atoms with E-state index in [0.29, 0.717) is 33.5 Å². The van der Waals surface area contributed by atoms with Crippen LogP contribution in [0.25, 0.3) is 0 Å². The van der Waals surface area contributed by atoms with Crippen LogP contribution < -0.4 is 20.1 Å². The first-order chi connectivity index (χ1) is 16.5. The van der Waals surface area contributed by atoms with E-state index in [4.69, 9.17) is 21.1 Å². The Labute approximate surface area is 204 Å². The van der Waals surface area contributed by atoms with E-state index in [-0.39, 0.29) is 11.8 Å². The Bertz CT molecular complexity index is 1190.